The molecule has 1 rings (SSSR count). The first kappa shape index (κ1) is 12.2. The first-order valence-electron chi connectivity index (χ1n) is 5.15. The molecular formula is C12H18O3. The van der Waals surface area contributed by atoms with Gasteiger partial charge in [0.2, 0.25) is 0 Å². The minimum Gasteiger partial charge on any atom is -0.379 e. The quantitative estimate of drug-likeness (QED) is 0.511. The van der Waals surface area contributed by atoms with Crippen LogP contribution < -0.4 is 0 Å². The fraction of sp³-hybridized carbons (Fsp3) is 0.500. The average molecular weight is 210 g/mol. The lowest BCUT2D eigenvalue weighted by Crippen LogP contribution is -2.11. The van der Waals surface area contributed by atoms with Gasteiger partial charge in [-0.25, -0.2) is 0 Å². The number of methoxy groups -OCH3 is 1. The Labute approximate surface area is 91.0 Å². The summed E-state index contributed by atoms with van der Waals surface area (Å²) in [5.74, 6) is 0. The summed E-state index contributed by atoms with van der Waals surface area (Å²) in [6.07, 6.45) is -0.299. The van der Waals surface area contributed by atoms with Gasteiger partial charge in [-0.05, 0) is 6.92 Å². The summed E-state index contributed by atoms with van der Waals surface area (Å²) in [7, 11) is 1.64. The van der Waals surface area contributed by atoms with Crippen molar-refractivity contribution >= 4 is 0 Å². The molecule has 0 aliphatic carbocycles. The summed E-state index contributed by atoms with van der Waals surface area (Å²) in [6.45, 7) is 3.82. The third-order valence-corrected chi connectivity index (χ3v) is 1.99. The zero-order valence-electron chi connectivity index (χ0n) is 9.31. The Morgan fingerprint density at radius 1 is 1.13 bits per heavy atom. The van der Waals surface area contributed by atoms with E-state index in [4.69, 9.17) is 14.2 Å². The van der Waals surface area contributed by atoms with E-state index >= 15 is 0 Å². The van der Waals surface area contributed by atoms with Gasteiger partial charge in [0.1, 0.15) is 0 Å². The summed E-state index contributed by atoms with van der Waals surface area (Å²) >= 11 is 0. The second-order valence-electron chi connectivity index (χ2n) is 3.05. The molecule has 0 N–H and O–H groups in total. The highest BCUT2D eigenvalue weighted by Gasteiger charge is 2.09. The molecule has 3 heteroatoms. The van der Waals surface area contributed by atoms with E-state index in [1.807, 2.05) is 37.3 Å². The molecule has 0 aromatic heterocycles. The fourth-order valence-electron chi connectivity index (χ4n) is 1.27. The number of rotatable bonds is 7. The Morgan fingerprint density at radius 3 is 2.47 bits per heavy atom. The molecule has 0 fully saturated rings. The predicted molar refractivity (Wildman–Crippen MR) is 58.6 cm³/mol. The summed E-state index contributed by atoms with van der Waals surface area (Å²) in [5.41, 5.74) is 1.02. The Bertz CT molecular complexity index is 248. The summed E-state index contributed by atoms with van der Waals surface area (Å²) < 4.78 is 16.0. The first-order chi connectivity index (χ1) is 7.38. The predicted octanol–water partition coefficient (Wildman–Crippen LogP) is 2.38. The number of ether oxygens (including phenoxy) is 3. The molecule has 1 aromatic rings. The highest BCUT2D eigenvalue weighted by Crippen LogP contribution is 2.16. The van der Waals surface area contributed by atoms with Crippen LogP contribution in [-0.2, 0) is 14.2 Å². The van der Waals surface area contributed by atoms with Crippen molar-refractivity contribution < 1.29 is 14.2 Å². The van der Waals surface area contributed by atoms with Gasteiger partial charge in [0.05, 0.1) is 13.2 Å². The molecular weight excluding hydrogens is 192 g/mol. The fourth-order valence-corrected chi connectivity index (χ4v) is 1.27. The van der Waals surface area contributed by atoms with Crippen molar-refractivity contribution in [3.8, 4) is 0 Å². The van der Waals surface area contributed by atoms with Gasteiger partial charge in [-0.2, -0.15) is 0 Å². The van der Waals surface area contributed by atoms with Crippen LogP contribution in [-0.4, -0.2) is 26.9 Å². The summed E-state index contributed by atoms with van der Waals surface area (Å²) in [5, 5.41) is 0. The van der Waals surface area contributed by atoms with Crippen molar-refractivity contribution in [1.29, 1.82) is 0 Å². The standard InChI is InChI=1S/C12H18O3/c1-3-14-9-10-15-12(13-2)11-7-5-4-6-8-11/h4-8,12H,3,9-10H2,1-2H3. The highest BCUT2D eigenvalue weighted by molar-refractivity contribution is 5.15. The van der Waals surface area contributed by atoms with E-state index in [2.05, 4.69) is 0 Å². The molecule has 84 valence electrons. The van der Waals surface area contributed by atoms with Gasteiger partial charge in [0.25, 0.3) is 0 Å². The van der Waals surface area contributed by atoms with Crippen LogP contribution in [0.5, 0.6) is 0 Å². The zero-order valence-corrected chi connectivity index (χ0v) is 9.31. The second-order valence-corrected chi connectivity index (χ2v) is 3.05. The highest BCUT2D eigenvalue weighted by atomic mass is 16.7. The van der Waals surface area contributed by atoms with Crippen LogP contribution in [0.3, 0.4) is 0 Å². The van der Waals surface area contributed by atoms with Gasteiger partial charge >= 0.3 is 0 Å². The molecule has 1 aromatic carbocycles. The molecule has 15 heavy (non-hydrogen) atoms. The van der Waals surface area contributed by atoms with Crippen LogP contribution in [0.1, 0.15) is 18.8 Å². The maximum Gasteiger partial charge on any atom is 0.183 e. The molecule has 0 aliphatic heterocycles. The SMILES string of the molecule is CCOCCOC(OC)c1ccccc1. The van der Waals surface area contributed by atoms with Gasteiger partial charge < -0.3 is 14.2 Å². The van der Waals surface area contributed by atoms with E-state index in [0.29, 0.717) is 19.8 Å². The largest absolute Gasteiger partial charge is 0.379 e. The Kier molecular flexibility index (Phi) is 6.00. The molecule has 0 spiro atoms. The topological polar surface area (TPSA) is 27.7 Å². The molecule has 1 unspecified atom stereocenters. The molecule has 0 saturated carbocycles. The Hall–Kier alpha value is -0.900. The number of hydrogen-bond donors (Lipinski definition) is 0. The third kappa shape index (κ3) is 4.42. The van der Waals surface area contributed by atoms with Crippen LogP contribution in [0, 0.1) is 0 Å². The van der Waals surface area contributed by atoms with Crippen LogP contribution >= 0.6 is 0 Å². The molecule has 3 nitrogen and oxygen atoms in total. The molecule has 1 atom stereocenters. The Morgan fingerprint density at radius 2 is 1.87 bits per heavy atom. The smallest absolute Gasteiger partial charge is 0.183 e. The van der Waals surface area contributed by atoms with Crippen molar-refractivity contribution in [1.82, 2.24) is 0 Å². The van der Waals surface area contributed by atoms with Crippen molar-refractivity contribution in [2.24, 2.45) is 0 Å². The van der Waals surface area contributed by atoms with Gasteiger partial charge in [-0.3, -0.25) is 0 Å². The first-order valence-corrected chi connectivity index (χ1v) is 5.15. The molecule has 0 saturated heterocycles. The molecule has 0 heterocycles. The van der Waals surface area contributed by atoms with E-state index in [9.17, 15) is 0 Å². The Balaban J connectivity index is 2.36. The molecule has 0 radical (unpaired) electrons. The maximum absolute atomic E-state index is 5.53. The maximum atomic E-state index is 5.53. The lowest BCUT2D eigenvalue weighted by atomic mass is 10.2. The second kappa shape index (κ2) is 7.40. The lowest BCUT2D eigenvalue weighted by molar-refractivity contribution is -0.137. The van der Waals surface area contributed by atoms with Crippen molar-refractivity contribution in [3.63, 3.8) is 0 Å². The van der Waals surface area contributed by atoms with E-state index < -0.39 is 0 Å². The van der Waals surface area contributed by atoms with E-state index in [1.54, 1.807) is 7.11 Å². The van der Waals surface area contributed by atoms with Crippen LogP contribution in [0.2, 0.25) is 0 Å². The molecule has 0 amide bonds. The summed E-state index contributed by atoms with van der Waals surface area (Å²) in [6, 6.07) is 9.86. The van der Waals surface area contributed by atoms with Gasteiger partial charge in [0, 0.05) is 19.3 Å². The third-order valence-electron chi connectivity index (χ3n) is 1.99. The minimum atomic E-state index is -0.299. The van der Waals surface area contributed by atoms with Crippen LogP contribution in [0.25, 0.3) is 0 Å². The zero-order chi connectivity index (χ0) is 10.9. The minimum absolute atomic E-state index is 0.299. The van der Waals surface area contributed by atoms with E-state index in [1.165, 1.54) is 0 Å². The van der Waals surface area contributed by atoms with Gasteiger partial charge in [-0.1, -0.05) is 30.3 Å². The monoisotopic (exact) mass is 210 g/mol. The lowest BCUT2D eigenvalue weighted by Gasteiger charge is -2.16. The summed E-state index contributed by atoms with van der Waals surface area (Å²) in [4.78, 5) is 0. The van der Waals surface area contributed by atoms with E-state index in [0.717, 1.165) is 5.56 Å². The van der Waals surface area contributed by atoms with Gasteiger partial charge in [-0.15, -0.1) is 0 Å². The molecule has 0 aliphatic rings. The van der Waals surface area contributed by atoms with E-state index in [-0.39, 0.29) is 6.29 Å². The number of benzene rings is 1. The van der Waals surface area contributed by atoms with Crippen molar-refractivity contribution in [2.45, 2.75) is 13.2 Å². The van der Waals surface area contributed by atoms with Crippen LogP contribution in [0.15, 0.2) is 30.3 Å². The van der Waals surface area contributed by atoms with Crippen LogP contribution in [0.4, 0.5) is 0 Å². The van der Waals surface area contributed by atoms with Gasteiger partial charge in [0.15, 0.2) is 6.29 Å². The average Bonchev–Trinajstić information content (AvgIpc) is 2.30. The van der Waals surface area contributed by atoms with Crippen molar-refractivity contribution in [2.75, 3.05) is 26.9 Å². The van der Waals surface area contributed by atoms with Crippen molar-refractivity contribution in [3.05, 3.63) is 35.9 Å². The number of hydrogen-bond acceptors (Lipinski definition) is 3. The normalized spacial score (nSPS) is 12.7. The molecule has 0 bridgehead atoms.